The molecule has 1 N–H and O–H groups in total. The van der Waals surface area contributed by atoms with Gasteiger partial charge in [-0.25, -0.2) is 0 Å². The standard InChI is InChI=1S/C21H23N3O3/c1-15-18(13-23-22-12-16-8-4-7-11-20(16)26-2)17-9-5-6-10-19(17)24(15)14-21(25)27-3/h4-11,13,22H,12,14H2,1-3H3/b23-13+. The third-order valence-corrected chi connectivity index (χ3v) is 4.54. The molecule has 140 valence electrons. The summed E-state index contributed by atoms with van der Waals surface area (Å²) in [5.74, 6) is 0.544. The lowest BCUT2D eigenvalue weighted by Gasteiger charge is -2.07. The molecule has 0 amide bonds. The minimum atomic E-state index is -0.281. The monoisotopic (exact) mass is 365 g/mol. The first-order chi connectivity index (χ1) is 13.2. The van der Waals surface area contributed by atoms with Crippen LogP contribution >= 0.6 is 0 Å². The summed E-state index contributed by atoms with van der Waals surface area (Å²) in [5, 5.41) is 5.42. The predicted octanol–water partition coefficient (Wildman–Crippen LogP) is 3.26. The van der Waals surface area contributed by atoms with Crippen LogP contribution in [-0.4, -0.2) is 31.0 Å². The van der Waals surface area contributed by atoms with E-state index in [0.29, 0.717) is 6.54 Å². The molecule has 3 aromatic rings. The molecule has 0 unspecified atom stereocenters. The topological polar surface area (TPSA) is 64.9 Å². The van der Waals surface area contributed by atoms with E-state index in [1.54, 1.807) is 13.3 Å². The van der Waals surface area contributed by atoms with Gasteiger partial charge in [0.1, 0.15) is 12.3 Å². The zero-order valence-corrected chi connectivity index (χ0v) is 15.7. The number of carbonyl (C=O) groups is 1. The lowest BCUT2D eigenvalue weighted by atomic mass is 10.1. The van der Waals surface area contributed by atoms with E-state index < -0.39 is 0 Å². The Bertz CT molecular complexity index is 976. The summed E-state index contributed by atoms with van der Waals surface area (Å²) >= 11 is 0. The number of benzene rings is 2. The smallest absolute Gasteiger partial charge is 0.325 e. The van der Waals surface area contributed by atoms with Gasteiger partial charge >= 0.3 is 5.97 Å². The third-order valence-electron chi connectivity index (χ3n) is 4.54. The highest BCUT2D eigenvalue weighted by molar-refractivity contribution is 6.01. The molecule has 27 heavy (non-hydrogen) atoms. The van der Waals surface area contributed by atoms with Gasteiger partial charge in [0.05, 0.1) is 27.0 Å². The van der Waals surface area contributed by atoms with Crippen molar-refractivity contribution in [3.05, 3.63) is 65.4 Å². The highest BCUT2D eigenvalue weighted by Gasteiger charge is 2.14. The van der Waals surface area contributed by atoms with Crippen molar-refractivity contribution in [3.63, 3.8) is 0 Å². The van der Waals surface area contributed by atoms with E-state index in [4.69, 9.17) is 9.47 Å². The largest absolute Gasteiger partial charge is 0.496 e. The molecule has 0 aliphatic heterocycles. The van der Waals surface area contributed by atoms with E-state index in [2.05, 4.69) is 10.5 Å². The molecule has 2 aromatic carbocycles. The molecule has 0 saturated carbocycles. The number of rotatable bonds is 7. The zero-order valence-electron chi connectivity index (χ0n) is 15.7. The molecule has 0 bridgehead atoms. The fraction of sp³-hybridized carbons (Fsp3) is 0.238. The van der Waals surface area contributed by atoms with Gasteiger partial charge in [0, 0.05) is 27.7 Å². The molecule has 0 atom stereocenters. The predicted molar refractivity (Wildman–Crippen MR) is 106 cm³/mol. The molecule has 3 rings (SSSR count). The highest BCUT2D eigenvalue weighted by atomic mass is 16.5. The molecule has 1 heterocycles. The van der Waals surface area contributed by atoms with Crippen molar-refractivity contribution in [3.8, 4) is 5.75 Å². The Hall–Kier alpha value is -3.28. The molecule has 0 aliphatic rings. The van der Waals surface area contributed by atoms with Crippen molar-refractivity contribution in [1.82, 2.24) is 9.99 Å². The van der Waals surface area contributed by atoms with Crippen molar-refractivity contribution >= 4 is 23.1 Å². The first-order valence-electron chi connectivity index (χ1n) is 8.68. The summed E-state index contributed by atoms with van der Waals surface area (Å²) in [7, 11) is 3.05. The Balaban J connectivity index is 1.83. The van der Waals surface area contributed by atoms with Gasteiger partial charge in [-0.3, -0.25) is 4.79 Å². The van der Waals surface area contributed by atoms with Gasteiger partial charge in [-0.1, -0.05) is 36.4 Å². The third kappa shape index (κ3) is 3.95. The van der Waals surface area contributed by atoms with Crippen LogP contribution in [0.2, 0.25) is 0 Å². The number of para-hydroxylation sites is 2. The number of esters is 1. The number of nitrogens with zero attached hydrogens (tertiary/aromatic N) is 2. The molecule has 0 saturated heterocycles. The summed E-state index contributed by atoms with van der Waals surface area (Å²) < 4.78 is 12.1. The average molecular weight is 365 g/mol. The summed E-state index contributed by atoms with van der Waals surface area (Å²) in [6.07, 6.45) is 1.79. The maximum atomic E-state index is 11.8. The number of ether oxygens (including phenoxy) is 2. The van der Waals surface area contributed by atoms with E-state index >= 15 is 0 Å². The van der Waals surface area contributed by atoms with Crippen LogP contribution in [0.25, 0.3) is 10.9 Å². The maximum Gasteiger partial charge on any atom is 0.325 e. The van der Waals surface area contributed by atoms with E-state index in [9.17, 15) is 4.79 Å². The second-order valence-electron chi connectivity index (χ2n) is 6.08. The highest BCUT2D eigenvalue weighted by Crippen LogP contribution is 2.24. The summed E-state index contributed by atoms with van der Waals surface area (Å²) in [4.78, 5) is 11.8. The molecule has 0 aliphatic carbocycles. The Labute approximate surface area is 158 Å². The molecule has 6 heteroatoms. The van der Waals surface area contributed by atoms with Crippen molar-refractivity contribution in [1.29, 1.82) is 0 Å². The number of nitrogens with one attached hydrogen (secondary N) is 1. The van der Waals surface area contributed by atoms with Crippen LogP contribution in [0.5, 0.6) is 5.75 Å². The molecule has 1 aromatic heterocycles. The lowest BCUT2D eigenvalue weighted by molar-refractivity contribution is -0.141. The molecule has 0 fully saturated rings. The average Bonchev–Trinajstić information content (AvgIpc) is 2.97. The van der Waals surface area contributed by atoms with Crippen LogP contribution in [-0.2, 0) is 22.6 Å². The van der Waals surface area contributed by atoms with Gasteiger partial charge in [-0.2, -0.15) is 5.10 Å². The van der Waals surface area contributed by atoms with Crippen LogP contribution < -0.4 is 10.2 Å². The summed E-state index contributed by atoms with van der Waals surface area (Å²) in [6.45, 7) is 2.70. The van der Waals surface area contributed by atoms with E-state index in [1.807, 2.05) is 60.0 Å². The minimum absolute atomic E-state index is 0.172. The maximum absolute atomic E-state index is 11.8. The molecule has 0 radical (unpaired) electrons. The van der Waals surface area contributed by atoms with Crippen LogP contribution in [0.3, 0.4) is 0 Å². The Morgan fingerprint density at radius 2 is 1.89 bits per heavy atom. The number of hydrogen-bond donors (Lipinski definition) is 1. The number of carbonyl (C=O) groups excluding carboxylic acids is 1. The van der Waals surface area contributed by atoms with Crippen molar-refractivity contribution in [2.45, 2.75) is 20.0 Å². The molecule has 0 spiro atoms. The van der Waals surface area contributed by atoms with E-state index in [0.717, 1.165) is 33.5 Å². The summed E-state index contributed by atoms with van der Waals surface area (Å²) in [5.41, 5.74) is 7.01. The molecular formula is C21H23N3O3. The van der Waals surface area contributed by atoms with Crippen LogP contribution in [0.4, 0.5) is 0 Å². The van der Waals surface area contributed by atoms with Gasteiger partial charge in [0.15, 0.2) is 0 Å². The quantitative estimate of drug-likeness (QED) is 0.397. The van der Waals surface area contributed by atoms with Gasteiger partial charge in [-0.05, 0) is 19.1 Å². The molecular weight excluding hydrogens is 342 g/mol. The van der Waals surface area contributed by atoms with Crippen LogP contribution in [0, 0.1) is 6.92 Å². The fourth-order valence-corrected chi connectivity index (χ4v) is 3.11. The number of fused-ring (bicyclic) bond motifs is 1. The first kappa shape index (κ1) is 18.5. The van der Waals surface area contributed by atoms with E-state index in [1.165, 1.54) is 7.11 Å². The fourth-order valence-electron chi connectivity index (χ4n) is 3.11. The van der Waals surface area contributed by atoms with Gasteiger partial charge in [0.25, 0.3) is 0 Å². The minimum Gasteiger partial charge on any atom is -0.496 e. The van der Waals surface area contributed by atoms with Crippen molar-refractivity contribution < 1.29 is 14.3 Å². The van der Waals surface area contributed by atoms with Crippen LogP contribution in [0.1, 0.15) is 16.8 Å². The van der Waals surface area contributed by atoms with Crippen molar-refractivity contribution in [2.24, 2.45) is 5.10 Å². The van der Waals surface area contributed by atoms with Gasteiger partial charge in [0.2, 0.25) is 0 Å². The second kappa shape index (κ2) is 8.40. The van der Waals surface area contributed by atoms with Gasteiger partial charge in [-0.15, -0.1) is 0 Å². The van der Waals surface area contributed by atoms with Crippen LogP contribution in [0.15, 0.2) is 53.6 Å². The normalized spacial score (nSPS) is 11.1. The second-order valence-corrected chi connectivity index (χ2v) is 6.08. The SMILES string of the molecule is COC(=O)Cn1c(C)c(/C=N/NCc2ccccc2OC)c2ccccc21. The lowest BCUT2D eigenvalue weighted by Crippen LogP contribution is -2.12. The Kier molecular flexibility index (Phi) is 5.76. The Morgan fingerprint density at radius 3 is 2.67 bits per heavy atom. The molecule has 6 nitrogen and oxygen atoms in total. The van der Waals surface area contributed by atoms with E-state index in [-0.39, 0.29) is 12.5 Å². The van der Waals surface area contributed by atoms with Crippen molar-refractivity contribution in [2.75, 3.05) is 14.2 Å². The number of hydrazone groups is 1. The Morgan fingerprint density at radius 1 is 1.15 bits per heavy atom. The number of hydrogen-bond acceptors (Lipinski definition) is 5. The zero-order chi connectivity index (χ0) is 19.2. The number of aromatic nitrogens is 1. The first-order valence-corrected chi connectivity index (χ1v) is 8.68. The van der Waals surface area contributed by atoms with Gasteiger partial charge < -0.3 is 19.5 Å². The number of methoxy groups -OCH3 is 2. The summed E-state index contributed by atoms with van der Waals surface area (Å²) in [6, 6.07) is 15.8.